The Morgan fingerprint density at radius 2 is 1.77 bits per heavy atom. The third-order valence-corrected chi connectivity index (χ3v) is 6.66. The number of nitrogens with zero attached hydrogens (tertiary/aromatic N) is 3. The Kier molecular flexibility index (Phi) is 6.20. The molecule has 162 valence electrons. The van der Waals surface area contributed by atoms with Crippen LogP contribution in [-0.4, -0.2) is 29.5 Å². The molecule has 0 aliphatic rings. The molecule has 0 amide bonds. The van der Waals surface area contributed by atoms with Crippen molar-refractivity contribution >= 4 is 37.8 Å². The number of rotatable bonds is 9. The van der Waals surface area contributed by atoms with Gasteiger partial charge in [0.15, 0.2) is 5.82 Å². The minimum absolute atomic E-state index is 0.0407. The number of fused-ring (bicyclic) bond motifs is 3. The van der Waals surface area contributed by atoms with Crippen LogP contribution < -0.4 is 10.5 Å². The molecule has 0 radical (unpaired) electrons. The van der Waals surface area contributed by atoms with Crippen LogP contribution in [0.4, 0.5) is 5.82 Å². The van der Waals surface area contributed by atoms with Gasteiger partial charge in [0, 0.05) is 24.9 Å². The van der Waals surface area contributed by atoms with Gasteiger partial charge < -0.3 is 10.3 Å². The van der Waals surface area contributed by atoms with E-state index in [0.717, 1.165) is 47.1 Å². The summed E-state index contributed by atoms with van der Waals surface area (Å²) in [6, 6.07) is 17.0. The Bertz CT molecular complexity index is 1300. The highest BCUT2D eigenvalue weighted by Crippen LogP contribution is 2.29. The Labute approximate surface area is 182 Å². The van der Waals surface area contributed by atoms with Crippen molar-refractivity contribution in [2.24, 2.45) is 0 Å². The van der Waals surface area contributed by atoms with Gasteiger partial charge in [0.2, 0.25) is 10.0 Å². The predicted octanol–water partition coefficient (Wildman–Crippen LogP) is 3.63. The highest BCUT2D eigenvalue weighted by molar-refractivity contribution is 7.88. The van der Waals surface area contributed by atoms with Crippen LogP contribution in [0.15, 0.2) is 54.6 Å². The number of imidazole rings is 1. The minimum Gasteiger partial charge on any atom is -0.382 e. The van der Waals surface area contributed by atoms with E-state index in [1.165, 1.54) is 0 Å². The molecule has 0 bridgehead atoms. The molecule has 4 rings (SSSR count). The molecule has 31 heavy (non-hydrogen) atoms. The van der Waals surface area contributed by atoms with Crippen LogP contribution in [0.5, 0.6) is 0 Å². The van der Waals surface area contributed by atoms with Crippen LogP contribution in [0.2, 0.25) is 0 Å². The SMILES string of the molecule is CCCCc1nc2c(N)nc3ccccc3c2n1CCNS(=O)(=O)Cc1ccccc1. The number of para-hydroxylation sites is 1. The van der Waals surface area contributed by atoms with Crippen LogP contribution in [0.3, 0.4) is 0 Å². The lowest BCUT2D eigenvalue weighted by Crippen LogP contribution is -2.29. The lowest BCUT2D eigenvalue weighted by Gasteiger charge is -2.12. The number of aryl methyl sites for hydroxylation is 1. The molecule has 4 aromatic rings. The first-order chi connectivity index (χ1) is 15.0. The Balaban J connectivity index is 1.64. The molecule has 7 nitrogen and oxygen atoms in total. The summed E-state index contributed by atoms with van der Waals surface area (Å²) in [5, 5.41) is 0.967. The van der Waals surface area contributed by atoms with E-state index < -0.39 is 10.0 Å². The van der Waals surface area contributed by atoms with Crippen LogP contribution in [0.1, 0.15) is 31.2 Å². The van der Waals surface area contributed by atoms with Crippen molar-refractivity contribution in [1.29, 1.82) is 0 Å². The number of sulfonamides is 1. The van der Waals surface area contributed by atoms with E-state index in [4.69, 9.17) is 10.7 Å². The number of nitrogen functional groups attached to an aromatic ring is 1. The average Bonchev–Trinajstić information content (AvgIpc) is 3.12. The molecule has 2 aromatic heterocycles. The van der Waals surface area contributed by atoms with E-state index in [0.29, 0.717) is 17.9 Å². The number of anilines is 1. The summed E-state index contributed by atoms with van der Waals surface area (Å²) in [5.74, 6) is 1.26. The second-order valence-electron chi connectivity index (χ2n) is 7.63. The van der Waals surface area contributed by atoms with Gasteiger partial charge in [0.25, 0.3) is 0 Å². The second-order valence-corrected chi connectivity index (χ2v) is 9.44. The molecular weight excluding hydrogens is 410 g/mol. The topological polar surface area (TPSA) is 103 Å². The molecule has 0 unspecified atom stereocenters. The van der Waals surface area contributed by atoms with E-state index in [9.17, 15) is 8.42 Å². The number of hydrogen-bond donors (Lipinski definition) is 2. The lowest BCUT2D eigenvalue weighted by molar-refractivity contribution is 0.569. The van der Waals surface area contributed by atoms with Gasteiger partial charge in [-0.05, 0) is 18.1 Å². The highest BCUT2D eigenvalue weighted by atomic mass is 32.2. The van der Waals surface area contributed by atoms with Gasteiger partial charge in [-0.3, -0.25) is 0 Å². The highest BCUT2D eigenvalue weighted by Gasteiger charge is 2.18. The number of nitrogens with one attached hydrogen (secondary N) is 1. The molecule has 0 aliphatic heterocycles. The molecular formula is C23H27N5O2S. The zero-order valence-corrected chi connectivity index (χ0v) is 18.4. The first kappa shape index (κ1) is 21.3. The number of aromatic nitrogens is 3. The van der Waals surface area contributed by atoms with Crippen LogP contribution >= 0.6 is 0 Å². The standard InChI is InChI=1S/C23H27N5O2S/c1-2-3-13-20-27-21-22(18-11-7-8-12-19(18)26-23(21)24)28(20)15-14-25-31(29,30)16-17-9-5-4-6-10-17/h4-12,25H,2-3,13-16H2,1H3,(H2,24,26). The zero-order valence-electron chi connectivity index (χ0n) is 17.6. The Morgan fingerprint density at radius 1 is 1.03 bits per heavy atom. The van der Waals surface area contributed by atoms with Crippen molar-refractivity contribution in [3.8, 4) is 0 Å². The molecule has 2 heterocycles. The van der Waals surface area contributed by atoms with E-state index in [1.54, 1.807) is 0 Å². The summed E-state index contributed by atoms with van der Waals surface area (Å²) in [6.07, 6.45) is 2.84. The fraction of sp³-hybridized carbons (Fsp3) is 0.304. The van der Waals surface area contributed by atoms with Crippen LogP contribution in [-0.2, 0) is 28.7 Å². The minimum atomic E-state index is -3.44. The number of nitrogens with two attached hydrogens (primary N) is 1. The fourth-order valence-corrected chi connectivity index (χ4v) is 4.96. The summed E-state index contributed by atoms with van der Waals surface area (Å²) < 4.78 is 29.9. The molecule has 0 aliphatic carbocycles. The molecule has 3 N–H and O–H groups in total. The maximum atomic E-state index is 12.5. The maximum absolute atomic E-state index is 12.5. The van der Waals surface area contributed by atoms with E-state index >= 15 is 0 Å². The Hall–Kier alpha value is -2.97. The largest absolute Gasteiger partial charge is 0.382 e. The average molecular weight is 438 g/mol. The zero-order chi connectivity index (χ0) is 21.8. The molecule has 0 spiro atoms. The van der Waals surface area contributed by atoms with Crippen molar-refractivity contribution in [2.75, 3.05) is 12.3 Å². The van der Waals surface area contributed by atoms with Gasteiger partial charge in [-0.2, -0.15) is 0 Å². The van der Waals surface area contributed by atoms with Gasteiger partial charge in [-0.25, -0.2) is 23.1 Å². The van der Waals surface area contributed by atoms with Gasteiger partial charge in [-0.15, -0.1) is 0 Å². The van der Waals surface area contributed by atoms with E-state index in [2.05, 4.69) is 21.2 Å². The number of hydrogen-bond acceptors (Lipinski definition) is 5. The number of unbranched alkanes of at least 4 members (excludes halogenated alkanes) is 1. The summed E-state index contributed by atoms with van der Waals surface area (Å²) in [4.78, 5) is 9.28. The maximum Gasteiger partial charge on any atom is 0.215 e. The smallest absolute Gasteiger partial charge is 0.215 e. The van der Waals surface area contributed by atoms with Crippen LogP contribution in [0.25, 0.3) is 21.9 Å². The lowest BCUT2D eigenvalue weighted by atomic mass is 10.2. The fourth-order valence-electron chi connectivity index (χ4n) is 3.83. The van der Waals surface area contributed by atoms with Crippen molar-refractivity contribution in [3.63, 3.8) is 0 Å². The third kappa shape index (κ3) is 4.70. The molecule has 0 fully saturated rings. The first-order valence-corrected chi connectivity index (χ1v) is 12.2. The van der Waals surface area contributed by atoms with Gasteiger partial charge in [0.1, 0.15) is 11.3 Å². The van der Waals surface area contributed by atoms with Crippen LogP contribution in [0, 0.1) is 0 Å². The van der Waals surface area contributed by atoms with Crippen molar-refractivity contribution < 1.29 is 8.42 Å². The summed E-state index contributed by atoms with van der Waals surface area (Å²) in [7, 11) is -3.44. The third-order valence-electron chi connectivity index (χ3n) is 5.30. The van der Waals surface area contributed by atoms with Crippen molar-refractivity contribution in [2.45, 2.75) is 38.5 Å². The number of benzene rings is 2. The normalized spacial score (nSPS) is 12.0. The summed E-state index contributed by atoms with van der Waals surface area (Å²) in [5.41, 5.74) is 9.38. The second kappa shape index (κ2) is 9.03. The van der Waals surface area contributed by atoms with Crippen molar-refractivity contribution in [3.05, 3.63) is 66.0 Å². The van der Waals surface area contributed by atoms with E-state index in [1.807, 2.05) is 54.6 Å². The summed E-state index contributed by atoms with van der Waals surface area (Å²) in [6.45, 7) is 2.88. The van der Waals surface area contributed by atoms with Crippen molar-refractivity contribution in [1.82, 2.24) is 19.3 Å². The first-order valence-electron chi connectivity index (χ1n) is 10.5. The van der Waals surface area contributed by atoms with Gasteiger partial charge >= 0.3 is 0 Å². The van der Waals surface area contributed by atoms with E-state index in [-0.39, 0.29) is 12.3 Å². The molecule has 8 heteroatoms. The van der Waals surface area contributed by atoms with Gasteiger partial charge in [-0.1, -0.05) is 61.9 Å². The quantitative estimate of drug-likeness (QED) is 0.416. The Morgan fingerprint density at radius 3 is 2.55 bits per heavy atom. The number of pyridine rings is 1. The molecule has 0 atom stereocenters. The predicted molar refractivity (Wildman–Crippen MR) is 125 cm³/mol. The van der Waals surface area contributed by atoms with Gasteiger partial charge in [0.05, 0.1) is 16.8 Å². The molecule has 0 saturated carbocycles. The molecule has 0 saturated heterocycles. The summed E-state index contributed by atoms with van der Waals surface area (Å²) >= 11 is 0. The molecule has 2 aromatic carbocycles. The monoisotopic (exact) mass is 437 g/mol.